The van der Waals surface area contributed by atoms with Crippen molar-refractivity contribution < 1.29 is 14.3 Å². The highest BCUT2D eigenvalue weighted by molar-refractivity contribution is 7.15. The molecular weight excluding hydrogens is 238 g/mol. The standard InChI is InChI=1S/C12H13NO3S/c1-6(2)11-13-8(12(14)15)10(17-11)9-7(3)4-5-16-9/h4-6H,1-3H3,(H,14,15). The first-order chi connectivity index (χ1) is 8.00. The van der Waals surface area contributed by atoms with Gasteiger partial charge < -0.3 is 9.52 Å². The summed E-state index contributed by atoms with van der Waals surface area (Å²) in [7, 11) is 0. The van der Waals surface area contributed by atoms with E-state index in [1.54, 1.807) is 6.26 Å². The molecule has 0 saturated carbocycles. The van der Waals surface area contributed by atoms with Gasteiger partial charge in [-0.25, -0.2) is 9.78 Å². The maximum atomic E-state index is 11.2. The molecule has 2 aromatic heterocycles. The third-order valence-electron chi connectivity index (χ3n) is 2.41. The average Bonchev–Trinajstić information content (AvgIpc) is 2.82. The number of carboxylic acid groups (broad SMARTS) is 1. The summed E-state index contributed by atoms with van der Waals surface area (Å²) < 4.78 is 5.34. The highest BCUT2D eigenvalue weighted by Crippen LogP contribution is 2.35. The number of furan rings is 1. The van der Waals surface area contributed by atoms with Gasteiger partial charge in [-0.05, 0) is 18.6 Å². The number of carbonyl (C=O) groups is 1. The van der Waals surface area contributed by atoms with E-state index in [0.29, 0.717) is 10.6 Å². The third kappa shape index (κ3) is 2.10. The van der Waals surface area contributed by atoms with Crippen molar-refractivity contribution in [2.75, 3.05) is 0 Å². The van der Waals surface area contributed by atoms with Gasteiger partial charge in [-0.15, -0.1) is 11.3 Å². The molecule has 0 radical (unpaired) electrons. The van der Waals surface area contributed by atoms with Crippen LogP contribution in [0.15, 0.2) is 16.7 Å². The Hall–Kier alpha value is -1.62. The van der Waals surface area contributed by atoms with Crippen LogP contribution in [-0.4, -0.2) is 16.1 Å². The number of carboxylic acids is 1. The maximum Gasteiger partial charge on any atom is 0.356 e. The SMILES string of the molecule is Cc1ccoc1-c1sc(C(C)C)nc1C(=O)O. The summed E-state index contributed by atoms with van der Waals surface area (Å²) in [5.74, 6) is -0.201. The largest absolute Gasteiger partial charge is 0.476 e. The fourth-order valence-corrected chi connectivity index (χ4v) is 2.60. The molecule has 5 heteroatoms. The Kier molecular flexibility index (Phi) is 3.02. The molecular formula is C12H13NO3S. The fourth-order valence-electron chi connectivity index (χ4n) is 1.49. The molecule has 0 atom stereocenters. The van der Waals surface area contributed by atoms with Gasteiger partial charge in [0.05, 0.1) is 11.3 Å². The lowest BCUT2D eigenvalue weighted by Gasteiger charge is -1.95. The highest BCUT2D eigenvalue weighted by Gasteiger charge is 2.22. The molecule has 0 aliphatic carbocycles. The molecule has 17 heavy (non-hydrogen) atoms. The first-order valence-corrected chi connectivity index (χ1v) is 6.10. The average molecular weight is 251 g/mol. The minimum atomic E-state index is -1.01. The molecule has 0 saturated heterocycles. The summed E-state index contributed by atoms with van der Waals surface area (Å²) in [6, 6.07) is 1.82. The van der Waals surface area contributed by atoms with Crippen molar-refractivity contribution in [2.24, 2.45) is 0 Å². The summed E-state index contributed by atoms with van der Waals surface area (Å²) in [6.07, 6.45) is 1.56. The number of rotatable bonds is 3. The minimum Gasteiger partial charge on any atom is -0.476 e. The van der Waals surface area contributed by atoms with Gasteiger partial charge in [-0.3, -0.25) is 0 Å². The van der Waals surface area contributed by atoms with E-state index in [2.05, 4.69) is 4.98 Å². The van der Waals surface area contributed by atoms with Gasteiger partial charge in [0.1, 0.15) is 10.6 Å². The Morgan fingerprint density at radius 1 is 1.53 bits per heavy atom. The first-order valence-electron chi connectivity index (χ1n) is 5.29. The van der Waals surface area contributed by atoms with Crippen LogP contribution in [0, 0.1) is 6.92 Å². The minimum absolute atomic E-state index is 0.0803. The van der Waals surface area contributed by atoms with Crippen LogP contribution in [0.2, 0.25) is 0 Å². The molecule has 0 spiro atoms. The molecule has 0 amide bonds. The van der Waals surface area contributed by atoms with E-state index in [4.69, 9.17) is 9.52 Å². The second kappa shape index (κ2) is 4.33. The van der Waals surface area contributed by atoms with Crippen LogP contribution >= 0.6 is 11.3 Å². The van der Waals surface area contributed by atoms with Crippen molar-refractivity contribution in [3.05, 3.63) is 28.6 Å². The Balaban J connectivity index is 2.60. The quantitative estimate of drug-likeness (QED) is 0.906. The van der Waals surface area contributed by atoms with Crippen LogP contribution in [0.4, 0.5) is 0 Å². The molecule has 2 rings (SSSR count). The van der Waals surface area contributed by atoms with Gasteiger partial charge in [0.2, 0.25) is 0 Å². The smallest absolute Gasteiger partial charge is 0.356 e. The van der Waals surface area contributed by atoms with Crippen LogP contribution in [-0.2, 0) is 0 Å². The monoisotopic (exact) mass is 251 g/mol. The number of thiazole rings is 1. The van der Waals surface area contributed by atoms with E-state index in [9.17, 15) is 4.79 Å². The van der Waals surface area contributed by atoms with E-state index in [-0.39, 0.29) is 11.6 Å². The molecule has 0 aliphatic rings. The number of aromatic nitrogens is 1. The molecule has 1 N–H and O–H groups in total. The lowest BCUT2D eigenvalue weighted by Crippen LogP contribution is -1.99. The zero-order valence-electron chi connectivity index (χ0n) is 9.85. The van der Waals surface area contributed by atoms with E-state index in [0.717, 1.165) is 10.6 Å². The second-order valence-electron chi connectivity index (χ2n) is 4.12. The lowest BCUT2D eigenvalue weighted by molar-refractivity contribution is 0.0691. The predicted molar refractivity (Wildman–Crippen MR) is 65.6 cm³/mol. The predicted octanol–water partition coefficient (Wildman–Crippen LogP) is 3.53. The number of aromatic carboxylic acids is 1. The van der Waals surface area contributed by atoms with E-state index >= 15 is 0 Å². The van der Waals surface area contributed by atoms with Crippen molar-refractivity contribution in [3.63, 3.8) is 0 Å². The van der Waals surface area contributed by atoms with Crippen LogP contribution in [0.1, 0.15) is 40.8 Å². The van der Waals surface area contributed by atoms with Crippen molar-refractivity contribution >= 4 is 17.3 Å². The zero-order chi connectivity index (χ0) is 12.6. The van der Waals surface area contributed by atoms with Crippen LogP contribution in [0.5, 0.6) is 0 Å². The molecule has 0 unspecified atom stereocenters. The second-order valence-corrected chi connectivity index (χ2v) is 5.15. The van der Waals surface area contributed by atoms with Gasteiger partial charge in [0.15, 0.2) is 5.69 Å². The van der Waals surface area contributed by atoms with Crippen molar-refractivity contribution in [1.82, 2.24) is 4.98 Å². The summed E-state index contributed by atoms with van der Waals surface area (Å²) in [6.45, 7) is 5.87. The van der Waals surface area contributed by atoms with Crippen molar-refractivity contribution in [1.29, 1.82) is 0 Å². The van der Waals surface area contributed by atoms with E-state index < -0.39 is 5.97 Å². The van der Waals surface area contributed by atoms with Crippen molar-refractivity contribution in [2.45, 2.75) is 26.7 Å². The molecule has 4 nitrogen and oxygen atoms in total. The number of hydrogen-bond acceptors (Lipinski definition) is 4. The highest BCUT2D eigenvalue weighted by atomic mass is 32.1. The summed E-state index contributed by atoms with van der Waals surface area (Å²) in [5.41, 5.74) is 1.00. The third-order valence-corrected chi connectivity index (χ3v) is 3.76. The molecule has 2 heterocycles. The molecule has 0 aromatic carbocycles. The molecule has 0 aliphatic heterocycles. The molecule has 0 bridgehead atoms. The van der Waals surface area contributed by atoms with Gasteiger partial charge in [0.25, 0.3) is 0 Å². The maximum absolute atomic E-state index is 11.2. The molecule has 0 fully saturated rings. The topological polar surface area (TPSA) is 63.3 Å². The zero-order valence-corrected chi connectivity index (χ0v) is 10.7. The fraction of sp³-hybridized carbons (Fsp3) is 0.333. The summed E-state index contributed by atoms with van der Waals surface area (Å²) >= 11 is 1.38. The number of aryl methyl sites for hydroxylation is 1. The van der Waals surface area contributed by atoms with Crippen LogP contribution in [0.25, 0.3) is 10.6 Å². The first kappa shape index (κ1) is 11.9. The van der Waals surface area contributed by atoms with Gasteiger partial charge in [-0.1, -0.05) is 13.8 Å². The van der Waals surface area contributed by atoms with Crippen LogP contribution < -0.4 is 0 Å². The lowest BCUT2D eigenvalue weighted by atomic mass is 10.2. The Bertz CT molecular complexity index is 554. The van der Waals surface area contributed by atoms with E-state index in [1.807, 2.05) is 26.8 Å². The summed E-state index contributed by atoms with van der Waals surface area (Å²) in [4.78, 5) is 15.9. The Labute approximate surface area is 103 Å². The van der Waals surface area contributed by atoms with Gasteiger partial charge in [0, 0.05) is 5.92 Å². The molecule has 2 aromatic rings. The number of hydrogen-bond donors (Lipinski definition) is 1. The molecule has 90 valence electrons. The van der Waals surface area contributed by atoms with Gasteiger partial charge in [-0.2, -0.15) is 0 Å². The van der Waals surface area contributed by atoms with Gasteiger partial charge >= 0.3 is 5.97 Å². The van der Waals surface area contributed by atoms with E-state index in [1.165, 1.54) is 11.3 Å². The van der Waals surface area contributed by atoms with Crippen LogP contribution in [0.3, 0.4) is 0 Å². The Morgan fingerprint density at radius 3 is 2.71 bits per heavy atom. The normalized spacial score (nSPS) is 11.1. The number of nitrogens with zero attached hydrogens (tertiary/aromatic N) is 1. The van der Waals surface area contributed by atoms with Crippen molar-refractivity contribution in [3.8, 4) is 10.6 Å². The Morgan fingerprint density at radius 2 is 2.24 bits per heavy atom. The summed E-state index contributed by atoms with van der Waals surface area (Å²) in [5, 5.41) is 9.97.